The highest BCUT2D eigenvalue weighted by molar-refractivity contribution is 7.14. The van der Waals surface area contributed by atoms with E-state index in [2.05, 4.69) is 10.3 Å². The molecule has 1 fully saturated rings. The van der Waals surface area contributed by atoms with Gasteiger partial charge in [-0.25, -0.2) is 4.98 Å². The molecule has 2 aromatic rings. The number of hydrogen-bond donors (Lipinski definition) is 1. The predicted molar refractivity (Wildman–Crippen MR) is 96.0 cm³/mol. The second-order valence-corrected chi connectivity index (χ2v) is 7.06. The number of carbonyl (C=O) groups is 1. The van der Waals surface area contributed by atoms with Crippen molar-refractivity contribution in [3.05, 3.63) is 33.6 Å². The molecule has 2 heterocycles. The Morgan fingerprint density at radius 3 is 3.12 bits per heavy atom. The number of thiazole rings is 1. The fourth-order valence-electron chi connectivity index (χ4n) is 2.36. The summed E-state index contributed by atoms with van der Waals surface area (Å²) in [5, 5.41) is 6.17. The normalized spacial score (nSPS) is 17.2. The van der Waals surface area contributed by atoms with E-state index >= 15 is 0 Å². The SMILES string of the molecule is O=C(COCC1CCCO1)Nc1nc(-c2cc(Cl)ccc2Cl)cs1. The Hall–Kier alpha value is -1.18. The van der Waals surface area contributed by atoms with E-state index < -0.39 is 0 Å². The fraction of sp³-hybridized carbons (Fsp3) is 0.375. The maximum Gasteiger partial charge on any atom is 0.252 e. The van der Waals surface area contributed by atoms with Gasteiger partial charge in [-0.2, -0.15) is 0 Å². The van der Waals surface area contributed by atoms with Gasteiger partial charge in [0.25, 0.3) is 5.91 Å². The van der Waals surface area contributed by atoms with Gasteiger partial charge < -0.3 is 9.47 Å². The number of benzene rings is 1. The maximum absolute atomic E-state index is 11.9. The second kappa shape index (κ2) is 8.27. The Balaban J connectivity index is 1.53. The number of rotatable bonds is 6. The van der Waals surface area contributed by atoms with E-state index in [4.69, 9.17) is 32.7 Å². The van der Waals surface area contributed by atoms with Crippen LogP contribution in [0.2, 0.25) is 10.0 Å². The number of ether oxygens (including phenoxy) is 2. The van der Waals surface area contributed by atoms with E-state index in [0.717, 1.165) is 25.0 Å². The molecule has 0 aliphatic carbocycles. The first-order valence-corrected chi connectivity index (χ1v) is 9.15. The Labute approximate surface area is 153 Å². The zero-order valence-corrected chi connectivity index (χ0v) is 15.1. The number of carbonyl (C=O) groups excluding carboxylic acids is 1. The van der Waals surface area contributed by atoms with E-state index in [9.17, 15) is 4.79 Å². The topological polar surface area (TPSA) is 60.5 Å². The third-order valence-corrected chi connectivity index (χ3v) is 4.84. The molecule has 1 aliphatic heterocycles. The highest BCUT2D eigenvalue weighted by Crippen LogP contribution is 2.32. The molecule has 1 N–H and O–H groups in total. The summed E-state index contributed by atoms with van der Waals surface area (Å²) < 4.78 is 10.8. The van der Waals surface area contributed by atoms with Gasteiger partial charge >= 0.3 is 0 Å². The van der Waals surface area contributed by atoms with Crippen molar-refractivity contribution < 1.29 is 14.3 Å². The van der Waals surface area contributed by atoms with Gasteiger partial charge in [0.15, 0.2) is 5.13 Å². The minimum Gasteiger partial charge on any atom is -0.376 e. The number of aromatic nitrogens is 1. The van der Waals surface area contributed by atoms with Gasteiger partial charge in [-0.3, -0.25) is 10.1 Å². The summed E-state index contributed by atoms with van der Waals surface area (Å²) in [6, 6.07) is 5.18. The molecule has 0 bridgehead atoms. The summed E-state index contributed by atoms with van der Waals surface area (Å²) in [7, 11) is 0. The van der Waals surface area contributed by atoms with Crippen LogP contribution in [0.1, 0.15) is 12.8 Å². The molecule has 1 aromatic carbocycles. The van der Waals surface area contributed by atoms with E-state index in [1.54, 1.807) is 18.2 Å². The van der Waals surface area contributed by atoms with E-state index in [1.165, 1.54) is 11.3 Å². The van der Waals surface area contributed by atoms with Crippen molar-refractivity contribution in [3.8, 4) is 11.3 Å². The first-order chi connectivity index (χ1) is 11.6. The molecular formula is C16H16Cl2N2O3S. The molecule has 24 heavy (non-hydrogen) atoms. The van der Waals surface area contributed by atoms with Crippen LogP contribution in [0.25, 0.3) is 11.3 Å². The molecule has 1 aliphatic rings. The molecule has 0 radical (unpaired) electrons. The third-order valence-electron chi connectivity index (χ3n) is 3.52. The smallest absolute Gasteiger partial charge is 0.252 e. The van der Waals surface area contributed by atoms with Crippen LogP contribution in [0.15, 0.2) is 23.6 Å². The van der Waals surface area contributed by atoms with Crippen molar-refractivity contribution in [1.82, 2.24) is 4.98 Å². The molecule has 128 valence electrons. The lowest BCUT2D eigenvalue weighted by atomic mass is 10.2. The summed E-state index contributed by atoms with van der Waals surface area (Å²) >= 11 is 13.5. The molecular weight excluding hydrogens is 371 g/mol. The zero-order valence-electron chi connectivity index (χ0n) is 12.8. The number of nitrogens with zero attached hydrogens (tertiary/aromatic N) is 1. The van der Waals surface area contributed by atoms with Crippen molar-refractivity contribution in [3.63, 3.8) is 0 Å². The summed E-state index contributed by atoms with van der Waals surface area (Å²) in [4.78, 5) is 16.3. The summed E-state index contributed by atoms with van der Waals surface area (Å²) in [6.45, 7) is 1.19. The molecule has 1 aromatic heterocycles. The molecule has 1 amide bonds. The summed E-state index contributed by atoms with van der Waals surface area (Å²) in [6.07, 6.45) is 2.14. The molecule has 0 saturated carbocycles. The third kappa shape index (κ3) is 4.68. The Kier molecular flexibility index (Phi) is 6.08. The Morgan fingerprint density at radius 1 is 1.46 bits per heavy atom. The molecule has 1 atom stereocenters. The van der Waals surface area contributed by atoms with E-state index in [-0.39, 0.29) is 18.6 Å². The number of hydrogen-bond acceptors (Lipinski definition) is 5. The lowest BCUT2D eigenvalue weighted by Gasteiger charge is -2.09. The molecule has 1 unspecified atom stereocenters. The minimum atomic E-state index is -0.244. The van der Waals surface area contributed by atoms with Gasteiger partial charge in [0.05, 0.1) is 23.4 Å². The van der Waals surface area contributed by atoms with Gasteiger partial charge in [-0.1, -0.05) is 23.2 Å². The average molecular weight is 387 g/mol. The highest BCUT2D eigenvalue weighted by atomic mass is 35.5. The first-order valence-electron chi connectivity index (χ1n) is 7.52. The van der Waals surface area contributed by atoms with Crippen LogP contribution in [0.3, 0.4) is 0 Å². The van der Waals surface area contributed by atoms with Crippen LogP contribution in [0.4, 0.5) is 5.13 Å². The van der Waals surface area contributed by atoms with Crippen LogP contribution in [-0.2, 0) is 14.3 Å². The van der Waals surface area contributed by atoms with Crippen molar-refractivity contribution in [2.75, 3.05) is 25.1 Å². The van der Waals surface area contributed by atoms with Crippen LogP contribution in [0.5, 0.6) is 0 Å². The zero-order chi connectivity index (χ0) is 16.9. The quantitative estimate of drug-likeness (QED) is 0.805. The van der Waals surface area contributed by atoms with Gasteiger partial charge in [0, 0.05) is 22.6 Å². The van der Waals surface area contributed by atoms with Crippen LogP contribution < -0.4 is 5.32 Å². The van der Waals surface area contributed by atoms with Crippen molar-refractivity contribution in [2.45, 2.75) is 18.9 Å². The second-order valence-electron chi connectivity index (χ2n) is 5.36. The summed E-state index contributed by atoms with van der Waals surface area (Å²) in [5.41, 5.74) is 1.40. The summed E-state index contributed by atoms with van der Waals surface area (Å²) in [5.74, 6) is -0.244. The van der Waals surface area contributed by atoms with Gasteiger partial charge in [-0.15, -0.1) is 11.3 Å². The molecule has 3 rings (SSSR count). The van der Waals surface area contributed by atoms with Gasteiger partial charge in [0.2, 0.25) is 0 Å². The van der Waals surface area contributed by atoms with Crippen molar-refractivity contribution in [1.29, 1.82) is 0 Å². The fourth-order valence-corrected chi connectivity index (χ4v) is 3.48. The molecule has 1 saturated heterocycles. The minimum absolute atomic E-state index is 0.0211. The lowest BCUT2D eigenvalue weighted by Crippen LogP contribution is -2.22. The highest BCUT2D eigenvalue weighted by Gasteiger charge is 2.16. The van der Waals surface area contributed by atoms with Gasteiger partial charge in [0.1, 0.15) is 6.61 Å². The van der Waals surface area contributed by atoms with Crippen molar-refractivity contribution >= 4 is 45.6 Å². The van der Waals surface area contributed by atoms with Gasteiger partial charge in [-0.05, 0) is 31.0 Å². The first kappa shape index (κ1) is 17.6. The molecule has 8 heteroatoms. The van der Waals surface area contributed by atoms with Crippen molar-refractivity contribution in [2.24, 2.45) is 0 Å². The standard InChI is InChI=1S/C16H16Cl2N2O3S/c17-10-3-4-13(18)12(6-10)14-9-24-16(19-14)20-15(21)8-22-7-11-2-1-5-23-11/h3-4,6,9,11H,1-2,5,7-8H2,(H,19,20,21). The average Bonchev–Trinajstić information content (AvgIpc) is 3.21. The van der Waals surface area contributed by atoms with Crippen LogP contribution >= 0.6 is 34.5 Å². The molecule has 5 nitrogen and oxygen atoms in total. The Bertz CT molecular complexity index is 717. The number of nitrogens with one attached hydrogen (secondary N) is 1. The largest absolute Gasteiger partial charge is 0.376 e. The number of amides is 1. The van der Waals surface area contributed by atoms with Crippen LogP contribution in [0, 0.1) is 0 Å². The number of halogens is 2. The molecule has 0 spiro atoms. The Morgan fingerprint density at radius 2 is 2.33 bits per heavy atom. The monoisotopic (exact) mass is 386 g/mol. The van der Waals surface area contributed by atoms with E-state index in [0.29, 0.717) is 27.5 Å². The maximum atomic E-state index is 11.9. The number of anilines is 1. The van der Waals surface area contributed by atoms with E-state index in [1.807, 2.05) is 5.38 Å². The van der Waals surface area contributed by atoms with Crippen LogP contribution in [-0.4, -0.2) is 36.8 Å². The lowest BCUT2D eigenvalue weighted by molar-refractivity contribution is -0.121. The predicted octanol–water partition coefficient (Wildman–Crippen LogP) is 4.25.